The lowest BCUT2D eigenvalue weighted by Gasteiger charge is -2.19. The summed E-state index contributed by atoms with van der Waals surface area (Å²) in [6.45, 7) is 4.26. The second-order valence-corrected chi connectivity index (χ2v) is 5.36. The van der Waals surface area contributed by atoms with Gasteiger partial charge in [-0.15, -0.1) is 6.58 Å². The summed E-state index contributed by atoms with van der Waals surface area (Å²) >= 11 is 0. The van der Waals surface area contributed by atoms with Crippen LogP contribution in [0.4, 0.5) is 4.79 Å². The zero-order valence-corrected chi connectivity index (χ0v) is 13.2. The van der Waals surface area contributed by atoms with E-state index >= 15 is 0 Å². The van der Waals surface area contributed by atoms with E-state index in [0.29, 0.717) is 6.54 Å². The minimum atomic E-state index is -0.799. The predicted octanol–water partition coefficient (Wildman–Crippen LogP) is -0.356. The fourth-order valence-electron chi connectivity index (χ4n) is 2.40. The van der Waals surface area contributed by atoms with Gasteiger partial charge in [0.05, 0.1) is 14.2 Å². The highest BCUT2D eigenvalue weighted by atomic mass is 16.5. The molecule has 1 N–H and O–H groups in total. The summed E-state index contributed by atoms with van der Waals surface area (Å²) < 4.78 is 5.10. The Morgan fingerprint density at radius 3 is 2.30 bits per heavy atom. The molecule has 1 aliphatic heterocycles. The van der Waals surface area contributed by atoms with Gasteiger partial charge < -0.3 is 9.64 Å². The fourth-order valence-corrected chi connectivity index (χ4v) is 2.40. The smallest absolute Gasteiger partial charge is 0.339 e. The molecule has 1 aromatic rings. The molecule has 0 aliphatic carbocycles. The first kappa shape index (κ1) is 16.7. The summed E-state index contributed by atoms with van der Waals surface area (Å²) in [6, 6.07) is 6.96. The molecule has 1 atom stereocenters. The first-order chi connectivity index (χ1) is 11.0. The van der Waals surface area contributed by atoms with Crippen molar-refractivity contribution in [3.8, 4) is 5.75 Å². The summed E-state index contributed by atoms with van der Waals surface area (Å²) in [7, 11) is 3.45. The second-order valence-electron chi connectivity index (χ2n) is 5.36. The number of urea groups is 1. The third-order valence-corrected chi connectivity index (χ3v) is 3.54. The predicted molar refractivity (Wildman–Crippen MR) is 82.6 cm³/mol. The maximum absolute atomic E-state index is 12.1. The highest BCUT2D eigenvalue weighted by Gasteiger charge is 2.45. The van der Waals surface area contributed by atoms with Gasteiger partial charge in [0, 0.05) is 12.1 Å². The molecule has 1 unspecified atom stereocenters. The molecule has 1 heterocycles. The number of hydrogen-bond acceptors (Lipinski definition) is 4. The minimum absolute atomic E-state index is 0.0391. The number of amides is 4. The number of ether oxygens (including phenoxy) is 1. The van der Waals surface area contributed by atoms with Gasteiger partial charge in [-0.1, -0.05) is 6.08 Å². The van der Waals surface area contributed by atoms with Crippen molar-refractivity contribution < 1.29 is 24.0 Å². The van der Waals surface area contributed by atoms with Crippen LogP contribution in [0, 0.1) is 0 Å². The maximum Gasteiger partial charge on any atom is 0.339 e. The molecule has 0 spiro atoms. The van der Waals surface area contributed by atoms with Crippen molar-refractivity contribution in [2.45, 2.75) is 6.54 Å². The number of imide groups is 2. The molecular weight excluding hydrogens is 298 g/mol. The molecule has 23 heavy (non-hydrogen) atoms. The number of nitrogens with one attached hydrogen (secondary N) is 1. The van der Waals surface area contributed by atoms with Crippen LogP contribution in [0.25, 0.3) is 0 Å². The lowest BCUT2D eigenvalue weighted by Crippen LogP contribution is -3.09. The van der Waals surface area contributed by atoms with Crippen molar-refractivity contribution in [3.63, 3.8) is 0 Å². The van der Waals surface area contributed by atoms with Gasteiger partial charge in [0.25, 0.3) is 0 Å². The molecule has 2 rings (SSSR count). The monoisotopic (exact) mass is 318 g/mol. The van der Waals surface area contributed by atoms with E-state index in [0.717, 1.165) is 26.0 Å². The van der Waals surface area contributed by atoms with E-state index in [2.05, 4.69) is 6.58 Å². The number of hydrogen-bond donors (Lipinski definition) is 1. The lowest BCUT2D eigenvalue weighted by molar-refractivity contribution is -0.901. The maximum atomic E-state index is 12.1. The molecule has 0 aromatic heterocycles. The van der Waals surface area contributed by atoms with Crippen LogP contribution in [0.2, 0.25) is 0 Å². The molecule has 1 fully saturated rings. The number of nitrogens with zero attached hydrogens (tertiary/aromatic N) is 2. The number of benzene rings is 1. The van der Waals surface area contributed by atoms with Crippen LogP contribution in [0.3, 0.4) is 0 Å². The van der Waals surface area contributed by atoms with Crippen LogP contribution in [-0.4, -0.2) is 55.0 Å². The Hall–Kier alpha value is -2.67. The molecule has 7 heteroatoms. The zero-order valence-electron chi connectivity index (χ0n) is 13.2. The Morgan fingerprint density at radius 1 is 1.13 bits per heavy atom. The average Bonchev–Trinajstić information content (AvgIpc) is 2.74. The third-order valence-electron chi connectivity index (χ3n) is 3.54. The van der Waals surface area contributed by atoms with Gasteiger partial charge in [0.15, 0.2) is 6.67 Å². The molecular formula is C16H20N3O4+. The van der Waals surface area contributed by atoms with E-state index in [9.17, 15) is 14.4 Å². The second kappa shape index (κ2) is 7.06. The summed E-state index contributed by atoms with van der Waals surface area (Å²) in [5.41, 5.74) is 1.04. The van der Waals surface area contributed by atoms with Crippen LogP contribution in [0.15, 0.2) is 36.9 Å². The summed E-state index contributed by atoms with van der Waals surface area (Å²) in [6.07, 6.45) is 1.42. The molecule has 0 radical (unpaired) electrons. The highest BCUT2D eigenvalue weighted by molar-refractivity contribution is 6.44. The highest BCUT2D eigenvalue weighted by Crippen LogP contribution is 2.11. The van der Waals surface area contributed by atoms with Crippen LogP contribution in [0.1, 0.15) is 5.56 Å². The van der Waals surface area contributed by atoms with Crippen molar-refractivity contribution in [2.75, 3.05) is 27.4 Å². The van der Waals surface area contributed by atoms with Crippen LogP contribution < -0.4 is 9.64 Å². The fraction of sp³-hybridized carbons (Fsp3) is 0.312. The summed E-state index contributed by atoms with van der Waals surface area (Å²) in [5, 5.41) is 0. The summed E-state index contributed by atoms with van der Waals surface area (Å²) in [4.78, 5) is 38.6. The van der Waals surface area contributed by atoms with E-state index in [1.54, 1.807) is 7.11 Å². The Morgan fingerprint density at radius 2 is 1.74 bits per heavy atom. The van der Waals surface area contributed by atoms with Gasteiger partial charge in [-0.25, -0.2) is 9.69 Å². The van der Waals surface area contributed by atoms with E-state index in [4.69, 9.17) is 4.74 Å². The molecule has 1 aliphatic rings. The van der Waals surface area contributed by atoms with E-state index in [-0.39, 0.29) is 13.2 Å². The molecule has 1 aromatic carbocycles. The number of rotatable bonds is 7. The summed E-state index contributed by atoms with van der Waals surface area (Å²) in [5.74, 6) is -0.819. The van der Waals surface area contributed by atoms with Crippen molar-refractivity contribution in [1.29, 1.82) is 0 Å². The van der Waals surface area contributed by atoms with E-state index < -0.39 is 17.8 Å². The Balaban J connectivity index is 2.00. The third kappa shape index (κ3) is 3.57. The van der Waals surface area contributed by atoms with Gasteiger partial charge in [-0.05, 0) is 24.3 Å². The SMILES string of the molecule is C=CCN1C(=O)C(=O)N(C[NH+](C)Cc2ccc(OC)cc2)C1=O. The minimum Gasteiger partial charge on any atom is -0.497 e. The first-order valence-electron chi connectivity index (χ1n) is 7.20. The molecule has 7 nitrogen and oxygen atoms in total. The zero-order chi connectivity index (χ0) is 17.0. The van der Waals surface area contributed by atoms with E-state index in [1.807, 2.05) is 31.3 Å². The molecule has 1 saturated heterocycles. The molecule has 122 valence electrons. The molecule has 0 bridgehead atoms. The lowest BCUT2D eigenvalue weighted by atomic mass is 10.2. The number of carbonyl (C=O) groups excluding carboxylic acids is 3. The average molecular weight is 318 g/mol. The van der Waals surface area contributed by atoms with Gasteiger partial charge >= 0.3 is 17.8 Å². The van der Waals surface area contributed by atoms with Crippen molar-refractivity contribution in [1.82, 2.24) is 9.80 Å². The first-order valence-corrected chi connectivity index (χ1v) is 7.20. The topological polar surface area (TPSA) is 71.4 Å². The van der Waals surface area contributed by atoms with Crippen LogP contribution in [-0.2, 0) is 16.1 Å². The van der Waals surface area contributed by atoms with Crippen LogP contribution >= 0.6 is 0 Å². The van der Waals surface area contributed by atoms with Crippen molar-refractivity contribution in [3.05, 3.63) is 42.5 Å². The van der Waals surface area contributed by atoms with Crippen LogP contribution in [0.5, 0.6) is 5.75 Å². The van der Waals surface area contributed by atoms with E-state index in [1.165, 1.54) is 6.08 Å². The molecule has 4 amide bonds. The number of methoxy groups -OCH3 is 1. The number of carbonyl (C=O) groups is 3. The van der Waals surface area contributed by atoms with Gasteiger partial charge in [0.1, 0.15) is 12.3 Å². The largest absolute Gasteiger partial charge is 0.497 e. The Bertz CT molecular complexity index is 627. The van der Waals surface area contributed by atoms with Crippen molar-refractivity contribution >= 4 is 17.8 Å². The number of quaternary nitrogens is 1. The van der Waals surface area contributed by atoms with Gasteiger partial charge in [-0.3, -0.25) is 14.5 Å². The Labute approximate surface area is 134 Å². The van der Waals surface area contributed by atoms with Gasteiger partial charge in [0.2, 0.25) is 0 Å². The Kier molecular flexibility index (Phi) is 5.13. The molecule has 0 saturated carbocycles. The standard InChI is InChI=1S/C16H19N3O4/c1-4-9-18-14(20)15(21)19(16(18)22)11-17(2)10-12-5-7-13(23-3)8-6-12/h4-8H,1,9-11H2,2-3H3/p+1. The quantitative estimate of drug-likeness (QED) is 0.424. The van der Waals surface area contributed by atoms with Crippen molar-refractivity contribution in [2.24, 2.45) is 0 Å². The normalized spacial score (nSPS) is 16.0. The van der Waals surface area contributed by atoms with Gasteiger partial charge in [-0.2, -0.15) is 0 Å².